The summed E-state index contributed by atoms with van der Waals surface area (Å²) in [6, 6.07) is 6.86. The molecule has 0 bridgehead atoms. The van der Waals surface area contributed by atoms with Gasteiger partial charge in [-0.2, -0.15) is 5.10 Å². The van der Waals surface area contributed by atoms with Crippen LogP contribution in [0, 0.1) is 0 Å². The standard InChI is InChI=1S/C19H18Cl2N4O2/c20-13-4-5-15(16(21)8-13)19(27,10-25-12-22-11-23-25)9-24-7-6-14-17(24)2-1-3-18(14)26/h4-8,11-12,27H,1-3,9-10H2. The summed E-state index contributed by atoms with van der Waals surface area (Å²) in [6.45, 7) is 0.395. The molecule has 2 heterocycles. The van der Waals surface area contributed by atoms with Crippen molar-refractivity contribution in [3.8, 4) is 0 Å². The zero-order valence-corrected chi connectivity index (χ0v) is 16.0. The summed E-state index contributed by atoms with van der Waals surface area (Å²) in [5, 5.41) is 16.6. The number of fused-ring (bicyclic) bond motifs is 1. The Balaban J connectivity index is 1.75. The number of aromatic nitrogens is 4. The highest BCUT2D eigenvalue weighted by atomic mass is 35.5. The van der Waals surface area contributed by atoms with E-state index in [1.165, 1.54) is 6.33 Å². The lowest BCUT2D eigenvalue weighted by molar-refractivity contribution is -0.00278. The van der Waals surface area contributed by atoms with Crippen molar-refractivity contribution >= 4 is 29.0 Å². The van der Waals surface area contributed by atoms with Gasteiger partial charge in [-0.3, -0.25) is 4.79 Å². The number of nitrogens with zero attached hydrogens (tertiary/aromatic N) is 4. The second-order valence-corrected chi connectivity index (χ2v) is 7.67. The van der Waals surface area contributed by atoms with Crippen molar-refractivity contribution in [3.63, 3.8) is 0 Å². The Morgan fingerprint density at radius 3 is 2.78 bits per heavy atom. The van der Waals surface area contributed by atoms with Gasteiger partial charge in [0.2, 0.25) is 0 Å². The molecule has 140 valence electrons. The van der Waals surface area contributed by atoms with Crippen molar-refractivity contribution in [1.29, 1.82) is 0 Å². The van der Waals surface area contributed by atoms with Gasteiger partial charge in [0, 0.05) is 39.5 Å². The number of carbonyl (C=O) groups excluding carboxylic acids is 1. The van der Waals surface area contributed by atoms with Gasteiger partial charge in [-0.25, -0.2) is 9.67 Å². The highest BCUT2D eigenvalue weighted by Gasteiger charge is 2.35. The largest absolute Gasteiger partial charge is 0.381 e. The molecule has 0 aliphatic heterocycles. The molecule has 0 amide bonds. The summed E-state index contributed by atoms with van der Waals surface area (Å²) in [7, 11) is 0. The topological polar surface area (TPSA) is 72.9 Å². The second-order valence-electron chi connectivity index (χ2n) is 6.83. The van der Waals surface area contributed by atoms with Gasteiger partial charge in [-0.15, -0.1) is 0 Å². The van der Waals surface area contributed by atoms with Gasteiger partial charge in [-0.05, 0) is 31.0 Å². The van der Waals surface area contributed by atoms with E-state index in [-0.39, 0.29) is 18.9 Å². The number of halogens is 2. The first-order chi connectivity index (χ1) is 13.0. The molecule has 1 N–H and O–H groups in total. The van der Waals surface area contributed by atoms with Crippen LogP contribution in [0.5, 0.6) is 0 Å². The quantitative estimate of drug-likeness (QED) is 0.706. The van der Waals surface area contributed by atoms with Crippen LogP contribution in [0.1, 0.15) is 34.5 Å². The average molecular weight is 405 g/mol. The Bertz CT molecular complexity index is 984. The van der Waals surface area contributed by atoms with Crippen molar-refractivity contribution in [2.45, 2.75) is 38.0 Å². The van der Waals surface area contributed by atoms with E-state index in [0.717, 1.165) is 24.1 Å². The molecule has 0 radical (unpaired) electrons. The third kappa shape index (κ3) is 3.52. The van der Waals surface area contributed by atoms with Crippen molar-refractivity contribution < 1.29 is 9.90 Å². The third-order valence-corrected chi connectivity index (χ3v) is 5.50. The van der Waals surface area contributed by atoms with Crippen LogP contribution >= 0.6 is 23.2 Å². The van der Waals surface area contributed by atoms with Gasteiger partial charge < -0.3 is 9.67 Å². The van der Waals surface area contributed by atoms with Crippen LogP contribution in [-0.4, -0.2) is 30.2 Å². The second kappa shape index (κ2) is 7.11. The molecule has 0 saturated carbocycles. The minimum absolute atomic E-state index is 0.152. The Morgan fingerprint density at radius 1 is 1.19 bits per heavy atom. The zero-order chi connectivity index (χ0) is 19.0. The van der Waals surface area contributed by atoms with Crippen molar-refractivity contribution in [2.75, 3.05) is 0 Å². The first-order valence-electron chi connectivity index (χ1n) is 8.68. The molecule has 6 nitrogen and oxygen atoms in total. The number of aliphatic hydroxyl groups is 1. The predicted molar refractivity (Wildman–Crippen MR) is 102 cm³/mol. The normalized spacial score (nSPS) is 16.2. The fraction of sp³-hybridized carbons (Fsp3) is 0.316. The van der Waals surface area contributed by atoms with E-state index in [4.69, 9.17) is 23.2 Å². The summed E-state index contributed by atoms with van der Waals surface area (Å²) in [5.41, 5.74) is 0.886. The maximum atomic E-state index is 12.1. The molecule has 27 heavy (non-hydrogen) atoms. The van der Waals surface area contributed by atoms with Crippen LogP contribution in [0.4, 0.5) is 0 Å². The van der Waals surface area contributed by atoms with Gasteiger partial charge >= 0.3 is 0 Å². The van der Waals surface area contributed by atoms with E-state index in [0.29, 0.717) is 22.0 Å². The van der Waals surface area contributed by atoms with E-state index in [2.05, 4.69) is 10.1 Å². The lowest BCUT2D eigenvalue weighted by Crippen LogP contribution is -2.37. The molecular weight excluding hydrogens is 387 g/mol. The van der Waals surface area contributed by atoms with Crippen molar-refractivity contribution in [1.82, 2.24) is 19.3 Å². The molecule has 0 saturated heterocycles. The van der Waals surface area contributed by atoms with Crippen LogP contribution < -0.4 is 0 Å². The van der Waals surface area contributed by atoms with Gasteiger partial charge in [0.25, 0.3) is 0 Å². The van der Waals surface area contributed by atoms with Gasteiger partial charge in [-0.1, -0.05) is 29.3 Å². The summed E-state index contributed by atoms with van der Waals surface area (Å²) < 4.78 is 3.50. The highest BCUT2D eigenvalue weighted by Crippen LogP contribution is 2.34. The van der Waals surface area contributed by atoms with E-state index < -0.39 is 5.60 Å². The first kappa shape index (κ1) is 18.2. The first-order valence-corrected chi connectivity index (χ1v) is 9.43. The van der Waals surface area contributed by atoms with E-state index in [9.17, 15) is 9.90 Å². The van der Waals surface area contributed by atoms with Crippen LogP contribution in [0.25, 0.3) is 0 Å². The monoisotopic (exact) mass is 404 g/mol. The molecule has 4 rings (SSSR count). The number of rotatable bonds is 5. The molecule has 1 unspecified atom stereocenters. The van der Waals surface area contributed by atoms with E-state index in [1.807, 2.05) is 16.8 Å². The fourth-order valence-corrected chi connectivity index (χ4v) is 4.27. The highest BCUT2D eigenvalue weighted by molar-refractivity contribution is 6.35. The molecule has 1 aromatic carbocycles. The molecule has 0 fully saturated rings. The molecular formula is C19H18Cl2N4O2. The Kier molecular flexibility index (Phi) is 4.80. The zero-order valence-electron chi connectivity index (χ0n) is 14.5. The summed E-state index contributed by atoms with van der Waals surface area (Å²) in [6.07, 6.45) is 7.01. The van der Waals surface area contributed by atoms with E-state index >= 15 is 0 Å². The summed E-state index contributed by atoms with van der Waals surface area (Å²) in [5.74, 6) is 0.152. The molecule has 1 aliphatic carbocycles. The minimum atomic E-state index is -1.36. The average Bonchev–Trinajstić information content (AvgIpc) is 3.26. The Morgan fingerprint density at radius 2 is 2.04 bits per heavy atom. The Hall–Kier alpha value is -2.15. The van der Waals surface area contributed by atoms with Gasteiger partial charge in [0.05, 0.1) is 13.1 Å². The molecule has 3 aromatic rings. The summed E-state index contributed by atoms with van der Waals surface area (Å²) in [4.78, 5) is 16.1. The summed E-state index contributed by atoms with van der Waals surface area (Å²) >= 11 is 12.4. The lowest BCUT2D eigenvalue weighted by atomic mass is 9.92. The maximum Gasteiger partial charge on any atom is 0.164 e. The smallest absolute Gasteiger partial charge is 0.164 e. The van der Waals surface area contributed by atoms with E-state index in [1.54, 1.807) is 29.2 Å². The number of Topliss-reactive ketones (excluding diaryl/α,β-unsaturated/α-hetero) is 1. The number of carbonyl (C=O) groups is 1. The molecule has 2 aromatic heterocycles. The van der Waals surface area contributed by atoms with Crippen LogP contribution in [0.3, 0.4) is 0 Å². The number of hydrogen-bond donors (Lipinski definition) is 1. The molecule has 1 aliphatic rings. The predicted octanol–water partition coefficient (Wildman–Crippen LogP) is 3.49. The minimum Gasteiger partial charge on any atom is -0.381 e. The SMILES string of the molecule is O=C1CCCc2c1ccn2CC(O)(Cn1cncn1)c1ccc(Cl)cc1Cl. The van der Waals surface area contributed by atoms with Crippen LogP contribution in [-0.2, 0) is 25.1 Å². The fourth-order valence-electron chi connectivity index (χ4n) is 3.69. The van der Waals surface area contributed by atoms with Crippen molar-refractivity contribution in [2.24, 2.45) is 0 Å². The molecule has 0 spiro atoms. The number of hydrogen-bond acceptors (Lipinski definition) is 4. The lowest BCUT2D eigenvalue weighted by Gasteiger charge is -2.31. The van der Waals surface area contributed by atoms with Gasteiger partial charge in [0.1, 0.15) is 18.3 Å². The Labute approximate surface area is 166 Å². The number of ketones is 1. The maximum absolute atomic E-state index is 12.1. The molecule has 8 heteroatoms. The van der Waals surface area contributed by atoms with Crippen molar-refractivity contribution in [3.05, 3.63) is 70.0 Å². The van der Waals surface area contributed by atoms with Crippen LogP contribution in [0.15, 0.2) is 43.1 Å². The van der Waals surface area contributed by atoms with Crippen LogP contribution in [0.2, 0.25) is 10.0 Å². The number of benzene rings is 1. The van der Waals surface area contributed by atoms with Gasteiger partial charge in [0.15, 0.2) is 5.78 Å². The third-order valence-electron chi connectivity index (χ3n) is 4.95. The molecule has 1 atom stereocenters.